The molecule has 0 aliphatic rings. The van der Waals surface area contributed by atoms with Crippen molar-refractivity contribution >= 4 is 39.8 Å². The van der Waals surface area contributed by atoms with Crippen LogP contribution in [0.1, 0.15) is 0 Å². The molecule has 1 heterocycles. The lowest BCUT2D eigenvalue weighted by atomic mass is 10.1. The fraction of sp³-hybridized carbons (Fsp3) is 0. The third-order valence-corrected chi connectivity index (χ3v) is 4.25. The van der Waals surface area contributed by atoms with E-state index < -0.39 is 4.92 Å². The average Bonchev–Trinajstić information content (AvgIpc) is 2.68. The zero-order chi connectivity index (χ0) is 18.8. The van der Waals surface area contributed by atoms with E-state index in [1.54, 1.807) is 18.2 Å². The van der Waals surface area contributed by atoms with E-state index in [9.17, 15) is 10.1 Å². The van der Waals surface area contributed by atoms with Crippen molar-refractivity contribution in [3.8, 4) is 11.3 Å². The average molecular weight is 377 g/mol. The monoisotopic (exact) mass is 376 g/mol. The fourth-order valence-corrected chi connectivity index (χ4v) is 2.97. The first-order valence-corrected chi connectivity index (χ1v) is 8.52. The van der Waals surface area contributed by atoms with Gasteiger partial charge >= 0.3 is 0 Å². The molecule has 0 saturated carbocycles. The Hall–Kier alpha value is -3.51. The van der Waals surface area contributed by atoms with Crippen LogP contribution >= 0.6 is 11.6 Å². The Morgan fingerprint density at radius 2 is 1.74 bits per heavy atom. The molecule has 0 spiro atoms. The van der Waals surface area contributed by atoms with Crippen LogP contribution in [0.25, 0.3) is 22.2 Å². The summed E-state index contributed by atoms with van der Waals surface area (Å²) in [4.78, 5) is 19.7. The second kappa shape index (κ2) is 7.01. The minimum atomic E-state index is -0.441. The van der Waals surface area contributed by atoms with Gasteiger partial charge in [-0.3, -0.25) is 10.1 Å². The number of fused-ring (bicyclic) bond motifs is 1. The Bertz CT molecular complexity index is 1150. The van der Waals surface area contributed by atoms with Crippen LogP contribution in [-0.4, -0.2) is 14.9 Å². The number of aromatic nitrogens is 2. The number of benzene rings is 3. The Morgan fingerprint density at radius 1 is 0.926 bits per heavy atom. The standard InChI is InChI=1S/C20H13ClN4O2/c21-14-9-10-18-17(11-14)19(13-5-2-1-3-6-13)24-20(23-18)22-15-7-4-8-16(12-15)25(26)27/h1-12H,(H,22,23,24). The largest absolute Gasteiger partial charge is 0.324 e. The summed E-state index contributed by atoms with van der Waals surface area (Å²) in [6.07, 6.45) is 0. The molecule has 4 rings (SSSR count). The van der Waals surface area contributed by atoms with E-state index >= 15 is 0 Å². The first kappa shape index (κ1) is 16.9. The summed E-state index contributed by atoms with van der Waals surface area (Å²) in [5, 5.41) is 15.5. The van der Waals surface area contributed by atoms with Crippen molar-refractivity contribution in [2.45, 2.75) is 0 Å². The molecule has 0 aliphatic heterocycles. The lowest BCUT2D eigenvalue weighted by Crippen LogP contribution is -2.00. The molecular weight excluding hydrogens is 364 g/mol. The van der Waals surface area contributed by atoms with Crippen LogP contribution in [0.2, 0.25) is 5.02 Å². The number of rotatable bonds is 4. The molecule has 0 radical (unpaired) electrons. The molecule has 7 heteroatoms. The molecule has 0 amide bonds. The lowest BCUT2D eigenvalue weighted by Gasteiger charge is -2.11. The predicted molar refractivity (Wildman–Crippen MR) is 106 cm³/mol. The zero-order valence-electron chi connectivity index (χ0n) is 14.0. The summed E-state index contributed by atoms with van der Waals surface area (Å²) in [7, 11) is 0. The minimum Gasteiger partial charge on any atom is -0.324 e. The van der Waals surface area contributed by atoms with Crippen molar-refractivity contribution in [1.82, 2.24) is 9.97 Å². The number of nitrogens with zero attached hydrogens (tertiary/aromatic N) is 3. The Kier molecular flexibility index (Phi) is 4.40. The van der Waals surface area contributed by atoms with E-state index in [-0.39, 0.29) is 5.69 Å². The molecule has 6 nitrogen and oxygen atoms in total. The zero-order valence-corrected chi connectivity index (χ0v) is 14.7. The fourth-order valence-electron chi connectivity index (χ4n) is 2.80. The maximum Gasteiger partial charge on any atom is 0.271 e. The van der Waals surface area contributed by atoms with Gasteiger partial charge in [0.2, 0.25) is 5.95 Å². The number of halogens is 1. The maximum atomic E-state index is 11.0. The smallest absolute Gasteiger partial charge is 0.271 e. The lowest BCUT2D eigenvalue weighted by molar-refractivity contribution is -0.384. The molecule has 0 bridgehead atoms. The third-order valence-electron chi connectivity index (χ3n) is 4.02. The van der Waals surface area contributed by atoms with E-state index in [1.165, 1.54) is 12.1 Å². The molecule has 0 atom stereocenters. The SMILES string of the molecule is O=[N+]([O-])c1cccc(Nc2nc(-c3ccccc3)c3cc(Cl)ccc3n2)c1. The van der Waals surface area contributed by atoms with Gasteiger partial charge in [0, 0.05) is 33.8 Å². The number of non-ortho nitro benzene ring substituents is 1. The molecule has 0 fully saturated rings. The summed E-state index contributed by atoms with van der Waals surface area (Å²) >= 11 is 6.16. The highest BCUT2D eigenvalue weighted by Gasteiger charge is 2.12. The van der Waals surface area contributed by atoms with Crippen molar-refractivity contribution in [3.05, 3.63) is 87.9 Å². The van der Waals surface area contributed by atoms with Gasteiger partial charge in [0.05, 0.1) is 16.1 Å². The maximum absolute atomic E-state index is 11.0. The van der Waals surface area contributed by atoms with Crippen molar-refractivity contribution in [2.24, 2.45) is 0 Å². The summed E-state index contributed by atoms with van der Waals surface area (Å²) in [6.45, 7) is 0. The number of hydrogen-bond donors (Lipinski definition) is 1. The van der Waals surface area contributed by atoms with Gasteiger partial charge in [-0.15, -0.1) is 0 Å². The molecule has 3 aromatic carbocycles. The van der Waals surface area contributed by atoms with Crippen LogP contribution < -0.4 is 5.32 Å². The van der Waals surface area contributed by atoms with Crippen LogP contribution in [0.3, 0.4) is 0 Å². The molecular formula is C20H13ClN4O2. The number of anilines is 2. The summed E-state index contributed by atoms with van der Waals surface area (Å²) in [5.41, 5.74) is 2.92. The van der Waals surface area contributed by atoms with Crippen LogP contribution in [0, 0.1) is 10.1 Å². The van der Waals surface area contributed by atoms with Gasteiger partial charge < -0.3 is 5.32 Å². The molecule has 4 aromatic rings. The Morgan fingerprint density at radius 3 is 2.52 bits per heavy atom. The first-order chi connectivity index (χ1) is 13.1. The predicted octanol–water partition coefficient (Wildman–Crippen LogP) is 5.60. The Balaban J connectivity index is 1.84. The van der Waals surface area contributed by atoms with Crippen LogP contribution in [0.5, 0.6) is 0 Å². The van der Waals surface area contributed by atoms with Crippen LogP contribution in [-0.2, 0) is 0 Å². The second-order valence-corrected chi connectivity index (χ2v) is 6.29. The van der Waals surface area contributed by atoms with Crippen molar-refractivity contribution < 1.29 is 4.92 Å². The van der Waals surface area contributed by atoms with E-state index in [0.717, 1.165) is 22.2 Å². The van der Waals surface area contributed by atoms with Gasteiger partial charge in [0.15, 0.2) is 0 Å². The van der Waals surface area contributed by atoms with Gasteiger partial charge in [0.25, 0.3) is 5.69 Å². The quantitative estimate of drug-likeness (QED) is 0.370. The van der Waals surface area contributed by atoms with Crippen LogP contribution in [0.15, 0.2) is 72.8 Å². The summed E-state index contributed by atoms with van der Waals surface area (Å²) < 4.78 is 0. The molecule has 0 unspecified atom stereocenters. The minimum absolute atomic E-state index is 0.00384. The highest BCUT2D eigenvalue weighted by atomic mass is 35.5. The van der Waals surface area contributed by atoms with Gasteiger partial charge in [-0.05, 0) is 24.3 Å². The van der Waals surface area contributed by atoms with E-state index in [4.69, 9.17) is 11.6 Å². The van der Waals surface area contributed by atoms with Gasteiger partial charge in [-0.25, -0.2) is 9.97 Å². The summed E-state index contributed by atoms with van der Waals surface area (Å²) in [5.74, 6) is 0.351. The number of nitro benzene ring substituents is 1. The van der Waals surface area contributed by atoms with E-state index in [1.807, 2.05) is 42.5 Å². The summed E-state index contributed by atoms with van der Waals surface area (Å²) in [6, 6.07) is 21.3. The molecule has 27 heavy (non-hydrogen) atoms. The molecule has 0 aliphatic carbocycles. The van der Waals surface area contributed by atoms with Crippen molar-refractivity contribution in [2.75, 3.05) is 5.32 Å². The number of hydrogen-bond acceptors (Lipinski definition) is 5. The van der Waals surface area contributed by atoms with Gasteiger partial charge in [-0.2, -0.15) is 0 Å². The van der Waals surface area contributed by atoms with Crippen molar-refractivity contribution in [3.63, 3.8) is 0 Å². The first-order valence-electron chi connectivity index (χ1n) is 8.14. The Labute approximate surface area is 159 Å². The van der Waals surface area contributed by atoms with Gasteiger partial charge in [0.1, 0.15) is 0 Å². The second-order valence-electron chi connectivity index (χ2n) is 5.86. The molecule has 1 aromatic heterocycles. The van der Waals surface area contributed by atoms with Crippen LogP contribution in [0.4, 0.5) is 17.3 Å². The number of nitro groups is 1. The van der Waals surface area contributed by atoms with Gasteiger partial charge in [-0.1, -0.05) is 48.0 Å². The normalized spacial score (nSPS) is 10.7. The molecule has 0 saturated heterocycles. The highest BCUT2D eigenvalue weighted by molar-refractivity contribution is 6.31. The van der Waals surface area contributed by atoms with E-state index in [2.05, 4.69) is 15.3 Å². The number of nitrogens with one attached hydrogen (secondary N) is 1. The molecule has 1 N–H and O–H groups in total. The van der Waals surface area contributed by atoms with Crippen molar-refractivity contribution in [1.29, 1.82) is 0 Å². The topological polar surface area (TPSA) is 81.0 Å². The van der Waals surface area contributed by atoms with E-state index in [0.29, 0.717) is 16.7 Å². The highest BCUT2D eigenvalue weighted by Crippen LogP contribution is 2.30. The third kappa shape index (κ3) is 3.56. The molecule has 132 valence electrons.